The van der Waals surface area contributed by atoms with Crippen LogP contribution in [0.1, 0.15) is 0 Å². The van der Waals surface area contributed by atoms with Crippen molar-refractivity contribution >= 4 is 0 Å². The standard InChI is InChI=1S/C5H9NO/c1-2-4-5(3-6)7-4/h2,4-5H,1,3,6H2/t4-,5-/m1/s1. The van der Waals surface area contributed by atoms with Crippen LogP contribution in [-0.2, 0) is 4.74 Å². The second-order valence-corrected chi connectivity index (χ2v) is 1.61. The summed E-state index contributed by atoms with van der Waals surface area (Å²) in [6.07, 6.45) is 2.31. The van der Waals surface area contributed by atoms with E-state index in [4.69, 9.17) is 10.5 Å². The van der Waals surface area contributed by atoms with Crippen LogP contribution < -0.4 is 5.73 Å². The third-order valence-electron chi connectivity index (χ3n) is 1.09. The predicted molar refractivity (Wildman–Crippen MR) is 27.9 cm³/mol. The van der Waals surface area contributed by atoms with Gasteiger partial charge in [-0.3, -0.25) is 0 Å². The van der Waals surface area contributed by atoms with Gasteiger partial charge in [0.05, 0.1) is 0 Å². The van der Waals surface area contributed by atoms with Crippen molar-refractivity contribution in [2.45, 2.75) is 12.2 Å². The molecular weight excluding hydrogens is 90.1 g/mol. The zero-order valence-electron chi connectivity index (χ0n) is 4.13. The molecule has 0 unspecified atom stereocenters. The molecule has 0 saturated carbocycles. The molecule has 1 fully saturated rings. The number of hydrogen-bond donors (Lipinski definition) is 1. The maximum Gasteiger partial charge on any atom is 0.103 e. The lowest BCUT2D eigenvalue weighted by molar-refractivity contribution is 0.392. The summed E-state index contributed by atoms with van der Waals surface area (Å²) in [5, 5.41) is 0. The summed E-state index contributed by atoms with van der Waals surface area (Å²) in [6, 6.07) is 0. The van der Waals surface area contributed by atoms with Crippen molar-refractivity contribution in [3.63, 3.8) is 0 Å². The van der Waals surface area contributed by atoms with Gasteiger partial charge < -0.3 is 10.5 Å². The number of epoxide rings is 1. The monoisotopic (exact) mass is 99.1 g/mol. The third-order valence-corrected chi connectivity index (χ3v) is 1.09. The number of ether oxygens (including phenoxy) is 1. The fourth-order valence-corrected chi connectivity index (χ4v) is 0.553. The highest BCUT2D eigenvalue weighted by molar-refractivity contribution is 4.98. The van der Waals surface area contributed by atoms with E-state index in [1.807, 2.05) is 0 Å². The zero-order chi connectivity index (χ0) is 5.28. The molecule has 7 heavy (non-hydrogen) atoms. The molecule has 0 spiro atoms. The van der Waals surface area contributed by atoms with Crippen molar-refractivity contribution in [3.05, 3.63) is 12.7 Å². The third kappa shape index (κ3) is 0.813. The fourth-order valence-electron chi connectivity index (χ4n) is 0.553. The Morgan fingerprint density at radius 3 is 2.71 bits per heavy atom. The van der Waals surface area contributed by atoms with Crippen molar-refractivity contribution in [2.75, 3.05) is 6.54 Å². The van der Waals surface area contributed by atoms with E-state index < -0.39 is 0 Å². The lowest BCUT2D eigenvalue weighted by atomic mass is 10.3. The van der Waals surface area contributed by atoms with Gasteiger partial charge in [0.15, 0.2) is 0 Å². The van der Waals surface area contributed by atoms with Gasteiger partial charge in [-0.25, -0.2) is 0 Å². The topological polar surface area (TPSA) is 38.5 Å². The molecule has 1 heterocycles. The highest BCUT2D eigenvalue weighted by atomic mass is 16.6. The Kier molecular flexibility index (Phi) is 1.13. The lowest BCUT2D eigenvalue weighted by Crippen LogP contribution is -2.07. The van der Waals surface area contributed by atoms with Gasteiger partial charge in [0.2, 0.25) is 0 Å². The van der Waals surface area contributed by atoms with E-state index in [9.17, 15) is 0 Å². The smallest absolute Gasteiger partial charge is 0.103 e. The summed E-state index contributed by atoms with van der Waals surface area (Å²) in [5.74, 6) is 0. The molecule has 0 aromatic carbocycles. The van der Waals surface area contributed by atoms with E-state index in [0.717, 1.165) is 0 Å². The minimum atomic E-state index is 0.255. The van der Waals surface area contributed by atoms with Gasteiger partial charge in [-0.15, -0.1) is 6.58 Å². The van der Waals surface area contributed by atoms with Crippen LogP contribution in [0.4, 0.5) is 0 Å². The molecule has 2 atom stereocenters. The van der Waals surface area contributed by atoms with Crippen LogP contribution in [0.2, 0.25) is 0 Å². The van der Waals surface area contributed by atoms with Gasteiger partial charge >= 0.3 is 0 Å². The Morgan fingerprint density at radius 1 is 1.86 bits per heavy atom. The SMILES string of the molecule is C=C[C@H]1O[C@@H]1CN. The van der Waals surface area contributed by atoms with Gasteiger partial charge in [-0.1, -0.05) is 6.08 Å². The van der Waals surface area contributed by atoms with Crippen LogP contribution in [0, 0.1) is 0 Å². The van der Waals surface area contributed by atoms with Gasteiger partial charge in [-0.2, -0.15) is 0 Å². The largest absolute Gasteiger partial charge is 0.364 e. The normalized spacial score (nSPS) is 37.9. The summed E-state index contributed by atoms with van der Waals surface area (Å²) in [6.45, 7) is 4.16. The highest BCUT2D eigenvalue weighted by Gasteiger charge is 2.33. The first-order valence-corrected chi connectivity index (χ1v) is 2.36. The molecule has 1 saturated heterocycles. The van der Waals surface area contributed by atoms with Gasteiger partial charge in [-0.05, 0) is 0 Å². The molecular formula is C5H9NO. The van der Waals surface area contributed by atoms with Crippen molar-refractivity contribution in [3.8, 4) is 0 Å². The van der Waals surface area contributed by atoms with Gasteiger partial charge in [0, 0.05) is 6.54 Å². The molecule has 2 nitrogen and oxygen atoms in total. The molecule has 1 rings (SSSR count). The van der Waals surface area contributed by atoms with Crippen molar-refractivity contribution in [2.24, 2.45) is 5.73 Å². The van der Waals surface area contributed by atoms with E-state index in [-0.39, 0.29) is 12.2 Å². The van der Waals surface area contributed by atoms with Gasteiger partial charge in [0.1, 0.15) is 12.2 Å². The van der Waals surface area contributed by atoms with Crippen LogP contribution in [0.5, 0.6) is 0 Å². The highest BCUT2D eigenvalue weighted by Crippen LogP contribution is 2.20. The van der Waals surface area contributed by atoms with Crippen molar-refractivity contribution < 1.29 is 4.74 Å². The molecule has 2 N–H and O–H groups in total. The summed E-state index contributed by atoms with van der Waals surface area (Å²) in [5.41, 5.74) is 5.23. The minimum absolute atomic E-state index is 0.255. The molecule has 0 aliphatic carbocycles. The summed E-state index contributed by atoms with van der Waals surface area (Å²) < 4.78 is 4.97. The molecule has 1 aliphatic heterocycles. The molecule has 0 aromatic heterocycles. The van der Waals surface area contributed by atoms with Crippen LogP contribution in [0.15, 0.2) is 12.7 Å². The van der Waals surface area contributed by atoms with Crippen LogP contribution in [0.3, 0.4) is 0 Å². The van der Waals surface area contributed by atoms with Crippen LogP contribution in [-0.4, -0.2) is 18.8 Å². The van der Waals surface area contributed by atoms with E-state index >= 15 is 0 Å². The second-order valence-electron chi connectivity index (χ2n) is 1.61. The minimum Gasteiger partial charge on any atom is -0.364 e. The quantitative estimate of drug-likeness (QED) is 0.388. The first kappa shape index (κ1) is 4.81. The fraction of sp³-hybridized carbons (Fsp3) is 0.600. The average molecular weight is 99.1 g/mol. The first-order valence-electron chi connectivity index (χ1n) is 2.36. The van der Waals surface area contributed by atoms with E-state index in [2.05, 4.69) is 6.58 Å². The van der Waals surface area contributed by atoms with Crippen LogP contribution >= 0.6 is 0 Å². The van der Waals surface area contributed by atoms with E-state index in [1.165, 1.54) is 0 Å². The Labute approximate surface area is 43.0 Å². The molecule has 0 bridgehead atoms. The first-order chi connectivity index (χ1) is 3.38. The molecule has 40 valence electrons. The Morgan fingerprint density at radius 2 is 2.57 bits per heavy atom. The summed E-state index contributed by atoms with van der Waals surface area (Å²) in [4.78, 5) is 0. The van der Waals surface area contributed by atoms with E-state index in [1.54, 1.807) is 6.08 Å². The summed E-state index contributed by atoms with van der Waals surface area (Å²) >= 11 is 0. The van der Waals surface area contributed by atoms with Crippen molar-refractivity contribution in [1.29, 1.82) is 0 Å². The lowest BCUT2D eigenvalue weighted by Gasteiger charge is -1.75. The predicted octanol–water partition coefficient (Wildman–Crippen LogP) is -0.101. The summed E-state index contributed by atoms with van der Waals surface area (Å²) in [7, 11) is 0. The number of rotatable bonds is 2. The van der Waals surface area contributed by atoms with Crippen LogP contribution in [0.25, 0.3) is 0 Å². The Hall–Kier alpha value is -0.340. The molecule has 0 radical (unpaired) electrons. The Balaban J connectivity index is 2.17. The van der Waals surface area contributed by atoms with E-state index in [0.29, 0.717) is 6.54 Å². The molecule has 1 aliphatic rings. The maximum atomic E-state index is 5.23. The number of hydrogen-bond acceptors (Lipinski definition) is 2. The average Bonchev–Trinajstić information content (AvgIpc) is 2.43. The zero-order valence-corrected chi connectivity index (χ0v) is 4.13. The molecule has 0 amide bonds. The second kappa shape index (κ2) is 1.64. The molecule has 0 aromatic rings. The Bertz CT molecular complexity index is 82.1. The maximum absolute atomic E-state index is 5.23. The molecule has 2 heteroatoms. The van der Waals surface area contributed by atoms with Gasteiger partial charge in [0.25, 0.3) is 0 Å². The number of nitrogens with two attached hydrogens (primary N) is 1. The van der Waals surface area contributed by atoms with Crippen molar-refractivity contribution in [1.82, 2.24) is 0 Å².